The quantitative estimate of drug-likeness (QED) is 0.159. The normalized spacial score (nSPS) is 9.39. The molecule has 1 aromatic rings. The number of ether oxygens (including phenoxy) is 3. The summed E-state index contributed by atoms with van der Waals surface area (Å²) in [7, 11) is 0. The number of anilines is 3. The van der Waals surface area contributed by atoms with Gasteiger partial charge in [0, 0.05) is 0 Å². The molecule has 0 aliphatic rings. The average Bonchev–Trinajstić information content (AvgIpc) is 2.56. The molecule has 0 radical (unpaired) electrons. The van der Waals surface area contributed by atoms with Gasteiger partial charge < -0.3 is 30.2 Å². The molecule has 0 aromatic carbocycles. The molecule has 0 aliphatic carbocycles. The molecule has 23 heavy (non-hydrogen) atoms. The zero-order valence-corrected chi connectivity index (χ0v) is 12.1. The Hall–Kier alpha value is -3.18. The predicted molar refractivity (Wildman–Crippen MR) is 76.5 cm³/mol. The van der Waals surface area contributed by atoms with E-state index in [4.69, 9.17) is 0 Å². The van der Waals surface area contributed by atoms with Crippen molar-refractivity contribution in [2.45, 2.75) is 0 Å². The Balaban J connectivity index is 2.64. The lowest BCUT2D eigenvalue weighted by Gasteiger charge is -2.10. The minimum Gasteiger partial charge on any atom is -0.466 e. The van der Waals surface area contributed by atoms with Crippen LogP contribution in [0.25, 0.3) is 0 Å². The van der Waals surface area contributed by atoms with Crippen LogP contribution < -0.4 is 16.0 Å². The van der Waals surface area contributed by atoms with Crippen LogP contribution in [0.3, 0.4) is 0 Å². The van der Waals surface area contributed by atoms with Gasteiger partial charge in [-0.3, -0.25) is 14.4 Å². The lowest BCUT2D eigenvalue weighted by Crippen LogP contribution is -2.17. The summed E-state index contributed by atoms with van der Waals surface area (Å²) in [6.45, 7) is 1.69. The molecule has 0 saturated carbocycles. The second kappa shape index (κ2) is 11.5. The molecule has 0 unspecified atom stereocenters. The van der Waals surface area contributed by atoms with Crippen LogP contribution in [-0.4, -0.2) is 67.4 Å². The summed E-state index contributed by atoms with van der Waals surface area (Å²) in [5.74, 6) is 0.572. The first-order valence-electron chi connectivity index (χ1n) is 6.43. The van der Waals surface area contributed by atoms with Crippen molar-refractivity contribution in [3.8, 4) is 0 Å². The summed E-state index contributed by atoms with van der Waals surface area (Å²) in [4.78, 5) is 42.4. The van der Waals surface area contributed by atoms with Crippen LogP contribution in [0.2, 0.25) is 0 Å². The summed E-state index contributed by atoms with van der Waals surface area (Å²) < 4.78 is 13.6. The summed E-state index contributed by atoms with van der Waals surface area (Å²) in [6, 6.07) is 0. The molecule has 0 fully saturated rings. The number of aromatic nitrogens is 3. The van der Waals surface area contributed by atoms with E-state index >= 15 is 0 Å². The van der Waals surface area contributed by atoms with Crippen molar-refractivity contribution in [2.75, 3.05) is 49.0 Å². The predicted octanol–water partition coefficient (Wildman–Crippen LogP) is -1.42. The smallest absolute Gasteiger partial charge is 0.294 e. The molecule has 1 aromatic heterocycles. The van der Waals surface area contributed by atoms with Crippen LogP contribution in [0.1, 0.15) is 0 Å². The Labute approximate surface area is 130 Å². The molecule has 0 aliphatic heterocycles. The van der Waals surface area contributed by atoms with Gasteiger partial charge in [-0.15, -0.1) is 0 Å². The largest absolute Gasteiger partial charge is 0.466 e. The number of carbonyl (C=O) groups is 3. The van der Waals surface area contributed by atoms with Crippen molar-refractivity contribution in [3.05, 3.63) is 0 Å². The van der Waals surface area contributed by atoms with Crippen molar-refractivity contribution in [1.29, 1.82) is 0 Å². The van der Waals surface area contributed by atoms with E-state index in [9.17, 15) is 14.4 Å². The zero-order valence-electron chi connectivity index (χ0n) is 12.1. The summed E-state index contributed by atoms with van der Waals surface area (Å²) in [6.07, 6.45) is 0. The SMILES string of the molecule is O=COCCNc1nc(NCCOC=O)nc(NCOC=O)n1. The Morgan fingerprint density at radius 1 is 0.696 bits per heavy atom. The van der Waals surface area contributed by atoms with Crippen molar-refractivity contribution in [3.63, 3.8) is 0 Å². The van der Waals surface area contributed by atoms with Crippen LogP contribution >= 0.6 is 0 Å². The molecule has 3 N–H and O–H groups in total. The van der Waals surface area contributed by atoms with Gasteiger partial charge in [0.1, 0.15) is 13.2 Å². The number of carbonyl (C=O) groups excluding carboxylic acids is 3. The zero-order chi connectivity index (χ0) is 16.8. The maximum Gasteiger partial charge on any atom is 0.294 e. The maximum absolute atomic E-state index is 10.1. The lowest BCUT2D eigenvalue weighted by atomic mass is 10.6. The number of hydrogen-bond donors (Lipinski definition) is 3. The average molecular weight is 328 g/mol. The van der Waals surface area contributed by atoms with Crippen LogP contribution in [0.4, 0.5) is 17.8 Å². The molecule has 0 atom stereocenters. The fourth-order valence-corrected chi connectivity index (χ4v) is 1.29. The third kappa shape index (κ3) is 7.99. The molecule has 126 valence electrons. The van der Waals surface area contributed by atoms with E-state index in [0.29, 0.717) is 26.0 Å². The maximum atomic E-state index is 10.1. The molecule has 0 amide bonds. The van der Waals surface area contributed by atoms with Crippen LogP contribution in [0, 0.1) is 0 Å². The van der Waals surface area contributed by atoms with Gasteiger partial charge in [0.15, 0.2) is 6.73 Å². The molecule has 0 bridgehead atoms. The monoisotopic (exact) mass is 328 g/mol. The van der Waals surface area contributed by atoms with Gasteiger partial charge in [-0.2, -0.15) is 15.0 Å². The van der Waals surface area contributed by atoms with Gasteiger partial charge in [0.2, 0.25) is 17.8 Å². The van der Waals surface area contributed by atoms with Gasteiger partial charge >= 0.3 is 0 Å². The lowest BCUT2D eigenvalue weighted by molar-refractivity contribution is -0.129. The molecule has 1 heterocycles. The molecule has 1 rings (SSSR count). The van der Waals surface area contributed by atoms with Crippen molar-refractivity contribution in [1.82, 2.24) is 15.0 Å². The first-order chi connectivity index (χ1) is 11.3. The van der Waals surface area contributed by atoms with Gasteiger partial charge in [0.05, 0.1) is 13.1 Å². The highest BCUT2D eigenvalue weighted by atomic mass is 16.5. The van der Waals surface area contributed by atoms with Gasteiger partial charge in [-0.05, 0) is 0 Å². The first kappa shape index (κ1) is 17.9. The Bertz CT molecular complexity index is 468. The van der Waals surface area contributed by atoms with E-state index in [1.54, 1.807) is 0 Å². The fourth-order valence-electron chi connectivity index (χ4n) is 1.29. The highest BCUT2D eigenvalue weighted by Gasteiger charge is 2.06. The number of nitrogens with zero attached hydrogens (tertiary/aromatic N) is 3. The third-order valence-corrected chi connectivity index (χ3v) is 2.16. The minimum absolute atomic E-state index is 0.116. The third-order valence-electron chi connectivity index (χ3n) is 2.16. The Kier molecular flexibility index (Phi) is 8.92. The van der Waals surface area contributed by atoms with E-state index in [2.05, 4.69) is 45.1 Å². The van der Waals surface area contributed by atoms with Gasteiger partial charge in [-0.25, -0.2) is 0 Å². The Morgan fingerprint density at radius 3 is 1.57 bits per heavy atom. The van der Waals surface area contributed by atoms with Crippen molar-refractivity contribution >= 4 is 37.3 Å². The van der Waals surface area contributed by atoms with Gasteiger partial charge in [0.25, 0.3) is 19.4 Å². The molecule has 12 heteroatoms. The van der Waals surface area contributed by atoms with E-state index in [1.165, 1.54) is 0 Å². The van der Waals surface area contributed by atoms with Gasteiger partial charge in [-0.1, -0.05) is 0 Å². The van der Waals surface area contributed by atoms with E-state index in [-0.39, 0.29) is 44.3 Å². The Morgan fingerprint density at radius 2 is 1.13 bits per heavy atom. The molecule has 0 saturated heterocycles. The van der Waals surface area contributed by atoms with E-state index < -0.39 is 0 Å². The molecule has 12 nitrogen and oxygen atoms in total. The van der Waals surface area contributed by atoms with Crippen molar-refractivity contribution < 1.29 is 28.6 Å². The van der Waals surface area contributed by atoms with Crippen LogP contribution in [0.5, 0.6) is 0 Å². The molecule has 0 spiro atoms. The van der Waals surface area contributed by atoms with Crippen LogP contribution in [0.15, 0.2) is 0 Å². The topological polar surface area (TPSA) is 154 Å². The second-order valence-corrected chi connectivity index (χ2v) is 3.68. The molecular weight excluding hydrogens is 312 g/mol. The summed E-state index contributed by atoms with van der Waals surface area (Å²) >= 11 is 0. The standard InChI is InChI=1S/C11H16N6O6/c18-6-21-3-1-12-9-15-10(13-2-4-22-7-19)17-11(16-9)14-5-23-8-20/h6-8H,1-5H2,(H3,12,13,14,15,16,17). The first-order valence-corrected chi connectivity index (χ1v) is 6.43. The highest BCUT2D eigenvalue weighted by Crippen LogP contribution is 2.08. The fraction of sp³-hybridized carbons (Fsp3) is 0.455. The van der Waals surface area contributed by atoms with Crippen LogP contribution in [-0.2, 0) is 28.6 Å². The van der Waals surface area contributed by atoms with E-state index in [0.717, 1.165) is 0 Å². The number of hydrogen-bond acceptors (Lipinski definition) is 12. The van der Waals surface area contributed by atoms with Crippen molar-refractivity contribution in [2.24, 2.45) is 0 Å². The summed E-state index contributed by atoms with van der Waals surface area (Å²) in [5.41, 5.74) is 0. The minimum atomic E-state index is -0.116. The van der Waals surface area contributed by atoms with E-state index in [1.807, 2.05) is 0 Å². The second-order valence-electron chi connectivity index (χ2n) is 3.68. The number of nitrogens with one attached hydrogen (secondary N) is 3. The molecular formula is C11H16N6O6. The summed E-state index contributed by atoms with van der Waals surface area (Å²) in [5, 5.41) is 8.32. The highest BCUT2D eigenvalue weighted by molar-refractivity contribution is 5.43. The number of rotatable bonds is 14.